The molecule has 0 aliphatic carbocycles. The van der Waals surface area contributed by atoms with Gasteiger partial charge in [0.2, 0.25) is 20.0 Å². The Balaban J connectivity index is 1.94. The van der Waals surface area contributed by atoms with Crippen LogP contribution >= 0.6 is 0 Å². The number of nitrogens with one attached hydrogen (secondary N) is 2. The van der Waals surface area contributed by atoms with E-state index in [-0.39, 0.29) is 21.3 Å². The molecule has 170 valence electrons. The third kappa shape index (κ3) is 5.68. The van der Waals surface area contributed by atoms with Crippen LogP contribution in [-0.4, -0.2) is 29.1 Å². The molecule has 0 atom stereocenters. The Morgan fingerprint density at radius 1 is 0.781 bits per heavy atom. The number of primary sulfonamides is 2. The molecule has 32 heavy (non-hydrogen) atoms. The SMILES string of the molecule is COc1cc(C(Nc2ccc(S(N)(=O)=O)cc2)Nc2ccc(S(N)(=O)=O)cc2)ccc1O. The quantitative estimate of drug-likeness (QED) is 0.305. The lowest BCUT2D eigenvalue weighted by atomic mass is 10.1. The normalized spacial score (nSPS) is 11.9. The number of methoxy groups -OCH3 is 1. The van der Waals surface area contributed by atoms with Crippen LogP contribution in [0.15, 0.2) is 76.5 Å². The summed E-state index contributed by atoms with van der Waals surface area (Å²) >= 11 is 0. The maximum absolute atomic E-state index is 11.5. The average Bonchev–Trinajstić information content (AvgIpc) is 2.73. The molecule has 3 aromatic rings. The first-order valence-electron chi connectivity index (χ1n) is 9.13. The maximum Gasteiger partial charge on any atom is 0.238 e. The first-order valence-corrected chi connectivity index (χ1v) is 12.2. The highest BCUT2D eigenvalue weighted by Gasteiger charge is 2.16. The predicted molar refractivity (Wildman–Crippen MR) is 120 cm³/mol. The van der Waals surface area contributed by atoms with E-state index in [1.54, 1.807) is 36.4 Å². The number of phenols is 1. The lowest BCUT2D eigenvalue weighted by Crippen LogP contribution is -2.20. The van der Waals surface area contributed by atoms with E-state index >= 15 is 0 Å². The zero-order chi connectivity index (χ0) is 23.5. The molecule has 0 unspecified atom stereocenters. The number of anilines is 2. The second-order valence-electron chi connectivity index (χ2n) is 6.79. The number of rotatable bonds is 8. The van der Waals surface area contributed by atoms with Gasteiger partial charge in [-0.25, -0.2) is 27.1 Å². The summed E-state index contributed by atoms with van der Waals surface area (Å²) in [6.07, 6.45) is -0.579. The van der Waals surface area contributed by atoms with Crippen LogP contribution in [-0.2, 0) is 20.0 Å². The lowest BCUT2D eigenvalue weighted by molar-refractivity contribution is 0.373. The molecule has 0 heterocycles. The topological polar surface area (TPSA) is 174 Å². The molecule has 3 aromatic carbocycles. The van der Waals surface area contributed by atoms with Gasteiger partial charge in [-0.15, -0.1) is 0 Å². The highest BCUT2D eigenvalue weighted by Crippen LogP contribution is 2.31. The van der Waals surface area contributed by atoms with E-state index in [1.165, 1.54) is 37.4 Å². The summed E-state index contributed by atoms with van der Waals surface area (Å²) in [6, 6.07) is 16.4. The van der Waals surface area contributed by atoms with Crippen LogP contribution in [0.2, 0.25) is 0 Å². The summed E-state index contributed by atoms with van der Waals surface area (Å²) in [5, 5.41) is 26.6. The number of hydrogen-bond acceptors (Lipinski definition) is 8. The van der Waals surface area contributed by atoms with Crippen molar-refractivity contribution in [2.75, 3.05) is 17.7 Å². The van der Waals surface area contributed by atoms with Crippen LogP contribution in [0.3, 0.4) is 0 Å². The zero-order valence-electron chi connectivity index (χ0n) is 16.9. The van der Waals surface area contributed by atoms with Gasteiger partial charge in [0.15, 0.2) is 11.5 Å². The third-order valence-electron chi connectivity index (χ3n) is 4.52. The molecule has 10 nitrogen and oxygen atoms in total. The number of phenolic OH excluding ortho intramolecular Hbond substituents is 1. The van der Waals surface area contributed by atoms with Gasteiger partial charge in [-0.1, -0.05) is 6.07 Å². The molecular formula is C20H22N4O6S2. The van der Waals surface area contributed by atoms with E-state index in [1.807, 2.05) is 0 Å². The van der Waals surface area contributed by atoms with E-state index in [9.17, 15) is 21.9 Å². The summed E-state index contributed by atoms with van der Waals surface area (Å²) in [6.45, 7) is 0. The Morgan fingerprint density at radius 3 is 1.59 bits per heavy atom. The van der Waals surface area contributed by atoms with Crippen molar-refractivity contribution in [2.45, 2.75) is 16.0 Å². The Labute approximate surface area is 185 Å². The van der Waals surface area contributed by atoms with Gasteiger partial charge >= 0.3 is 0 Å². The van der Waals surface area contributed by atoms with E-state index in [2.05, 4.69) is 10.6 Å². The molecule has 0 fully saturated rings. The summed E-state index contributed by atoms with van der Waals surface area (Å²) in [7, 11) is -6.23. The molecule has 0 spiro atoms. The van der Waals surface area contributed by atoms with Gasteiger partial charge in [0.05, 0.1) is 16.9 Å². The molecular weight excluding hydrogens is 456 g/mol. The van der Waals surface area contributed by atoms with Crippen LogP contribution in [0.1, 0.15) is 11.7 Å². The molecule has 0 radical (unpaired) electrons. The van der Waals surface area contributed by atoms with Gasteiger partial charge in [0.1, 0.15) is 6.17 Å². The smallest absolute Gasteiger partial charge is 0.238 e. The first kappa shape index (κ1) is 23.3. The highest BCUT2D eigenvalue weighted by molar-refractivity contribution is 7.89. The Hall–Kier alpha value is -3.32. The highest BCUT2D eigenvalue weighted by atomic mass is 32.2. The fourth-order valence-corrected chi connectivity index (χ4v) is 3.92. The van der Waals surface area contributed by atoms with Crippen molar-refractivity contribution in [1.29, 1.82) is 0 Å². The fraction of sp³-hybridized carbons (Fsp3) is 0.100. The second-order valence-corrected chi connectivity index (χ2v) is 9.91. The Bertz CT molecular complexity index is 1230. The monoisotopic (exact) mass is 478 g/mol. The summed E-state index contributed by atoms with van der Waals surface area (Å²) in [5.74, 6) is 0.218. The van der Waals surface area contributed by atoms with E-state index < -0.39 is 26.2 Å². The largest absolute Gasteiger partial charge is 0.504 e. The molecule has 0 aliphatic rings. The van der Waals surface area contributed by atoms with Crippen molar-refractivity contribution in [2.24, 2.45) is 10.3 Å². The maximum atomic E-state index is 11.5. The molecule has 0 aliphatic heterocycles. The van der Waals surface area contributed by atoms with Gasteiger partial charge in [0.25, 0.3) is 0 Å². The number of benzene rings is 3. The summed E-state index contributed by atoms with van der Waals surface area (Å²) in [5.41, 5.74) is 1.82. The van der Waals surface area contributed by atoms with Crippen molar-refractivity contribution in [1.82, 2.24) is 0 Å². The number of nitrogens with two attached hydrogens (primary N) is 2. The van der Waals surface area contributed by atoms with E-state index in [0.29, 0.717) is 16.9 Å². The second kappa shape index (κ2) is 9.04. The Morgan fingerprint density at radius 2 is 1.22 bits per heavy atom. The Kier molecular flexibility index (Phi) is 6.60. The molecule has 0 bridgehead atoms. The fourth-order valence-electron chi connectivity index (χ4n) is 2.89. The number of ether oxygens (including phenoxy) is 1. The summed E-state index contributed by atoms with van der Waals surface area (Å²) < 4.78 is 51.1. The van der Waals surface area contributed by atoms with Crippen LogP contribution in [0.5, 0.6) is 11.5 Å². The van der Waals surface area contributed by atoms with Crippen molar-refractivity contribution < 1.29 is 26.7 Å². The van der Waals surface area contributed by atoms with Crippen molar-refractivity contribution >= 4 is 31.4 Å². The minimum absolute atomic E-state index is 0.0301. The third-order valence-corrected chi connectivity index (χ3v) is 6.38. The number of hydrogen-bond donors (Lipinski definition) is 5. The van der Waals surface area contributed by atoms with Crippen LogP contribution in [0, 0.1) is 0 Å². The van der Waals surface area contributed by atoms with Crippen LogP contribution in [0.4, 0.5) is 11.4 Å². The molecule has 0 aromatic heterocycles. The van der Waals surface area contributed by atoms with E-state index in [4.69, 9.17) is 15.0 Å². The van der Waals surface area contributed by atoms with Gasteiger partial charge < -0.3 is 20.5 Å². The van der Waals surface area contributed by atoms with Gasteiger partial charge in [-0.2, -0.15) is 0 Å². The summed E-state index contributed by atoms with van der Waals surface area (Å²) in [4.78, 5) is -0.0603. The number of sulfonamides is 2. The molecule has 3 rings (SSSR count). The standard InChI is InChI=1S/C20H22N4O6S2/c1-30-19-12-13(2-11-18(19)25)20(23-14-3-7-16(8-4-14)31(21,26)27)24-15-5-9-17(10-6-15)32(22,28)29/h2-12,20,23-25H,1H3,(H2,21,26,27)(H2,22,28,29). The van der Waals surface area contributed by atoms with Crippen molar-refractivity contribution in [3.05, 3.63) is 72.3 Å². The van der Waals surface area contributed by atoms with Crippen LogP contribution < -0.4 is 25.6 Å². The first-order chi connectivity index (χ1) is 15.0. The van der Waals surface area contributed by atoms with Gasteiger partial charge in [0, 0.05) is 11.4 Å². The lowest BCUT2D eigenvalue weighted by Gasteiger charge is -2.24. The number of aromatic hydroxyl groups is 1. The molecule has 7 N–H and O–H groups in total. The molecule has 0 amide bonds. The minimum atomic E-state index is -3.83. The molecule has 0 saturated heterocycles. The predicted octanol–water partition coefficient (Wildman–Crippen LogP) is 1.92. The van der Waals surface area contributed by atoms with Crippen molar-refractivity contribution in [3.63, 3.8) is 0 Å². The minimum Gasteiger partial charge on any atom is -0.504 e. The molecule has 0 saturated carbocycles. The van der Waals surface area contributed by atoms with Gasteiger partial charge in [-0.05, 0) is 66.2 Å². The van der Waals surface area contributed by atoms with E-state index in [0.717, 1.165) is 0 Å². The van der Waals surface area contributed by atoms with Crippen LogP contribution in [0.25, 0.3) is 0 Å². The van der Waals surface area contributed by atoms with Gasteiger partial charge in [-0.3, -0.25) is 0 Å². The average molecular weight is 479 g/mol. The van der Waals surface area contributed by atoms with Crippen molar-refractivity contribution in [3.8, 4) is 11.5 Å². The zero-order valence-corrected chi connectivity index (χ0v) is 18.5. The molecule has 12 heteroatoms.